The summed E-state index contributed by atoms with van der Waals surface area (Å²) in [6.07, 6.45) is -0.828. The Labute approximate surface area is 127 Å². The van der Waals surface area contributed by atoms with Crippen molar-refractivity contribution in [1.82, 2.24) is 0 Å². The maximum absolute atomic E-state index is 11.8. The third-order valence-corrected chi connectivity index (χ3v) is 4.31. The second-order valence-corrected chi connectivity index (χ2v) is 5.93. The number of ether oxygens (including phenoxy) is 3. The lowest BCUT2D eigenvalue weighted by Gasteiger charge is -2.14. The first-order valence-corrected chi connectivity index (χ1v) is 7.85. The van der Waals surface area contributed by atoms with Crippen LogP contribution in [0.5, 0.6) is 0 Å². The van der Waals surface area contributed by atoms with E-state index in [1.807, 2.05) is 0 Å². The lowest BCUT2D eigenvalue weighted by Crippen LogP contribution is -2.28. The van der Waals surface area contributed by atoms with E-state index in [-0.39, 0.29) is 25.4 Å². The van der Waals surface area contributed by atoms with Gasteiger partial charge in [0, 0.05) is 23.7 Å². The minimum absolute atomic E-state index is 0.0465. The second-order valence-electron chi connectivity index (χ2n) is 5.02. The zero-order valence-electron chi connectivity index (χ0n) is 11.8. The molecule has 0 aromatic carbocycles. The minimum Gasteiger partial charge on any atom is -0.394 e. The monoisotopic (exact) mass is 315 g/mol. The Bertz CT molecular complexity index is 361. The molecule has 2 aliphatic rings. The standard InChI is InChI=1S/C11H18B2O7P/c1-16-6-2-10(12)19-9(6)5-17-21(15)20-7-3-11(13)18-8(7)4-14/h6-11,14H,2-5H2,1H3/q+1/t6?,7?,8-,9-,10-,11-/m1/s1. The van der Waals surface area contributed by atoms with Crippen LogP contribution in [0.3, 0.4) is 0 Å². The summed E-state index contributed by atoms with van der Waals surface area (Å²) >= 11 is 0. The van der Waals surface area contributed by atoms with Crippen LogP contribution in [0.25, 0.3) is 0 Å². The number of aliphatic hydroxyl groups excluding tert-OH is 1. The summed E-state index contributed by atoms with van der Waals surface area (Å²) in [7, 11) is 10.4. The Hall–Kier alpha value is -0.0101. The van der Waals surface area contributed by atoms with Gasteiger partial charge < -0.3 is 19.3 Å². The fourth-order valence-corrected chi connectivity index (χ4v) is 3.21. The maximum atomic E-state index is 11.8. The Morgan fingerprint density at radius 2 is 1.81 bits per heavy atom. The predicted molar refractivity (Wildman–Crippen MR) is 74.4 cm³/mol. The highest BCUT2D eigenvalue weighted by molar-refractivity contribution is 7.33. The van der Waals surface area contributed by atoms with E-state index in [4.69, 9.17) is 44.1 Å². The highest BCUT2D eigenvalue weighted by Gasteiger charge is 2.42. The van der Waals surface area contributed by atoms with Crippen LogP contribution in [0, 0.1) is 0 Å². The summed E-state index contributed by atoms with van der Waals surface area (Å²) in [5.41, 5.74) is 0. The highest BCUT2D eigenvalue weighted by atomic mass is 31.1. The molecular formula is C11H18B2O7P+. The third kappa shape index (κ3) is 4.73. The van der Waals surface area contributed by atoms with E-state index in [0.717, 1.165) is 0 Å². The lowest BCUT2D eigenvalue weighted by atomic mass is 9.96. The third-order valence-electron chi connectivity index (χ3n) is 3.51. The van der Waals surface area contributed by atoms with E-state index in [1.54, 1.807) is 7.11 Å². The molecule has 2 heterocycles. The Morgan fingerprint density at radius 3 is 2.43 bits per heavy atom. The smallest absolute Gasteiger partial charge is 0.394 e. The molecule has 3 unspecified atom stereocenters. The fourth-order valence-electron chi connectivity index (χ4n) is 2.44. The van der Waals surface area contributed by atoms with Crippen LogP contribution in [0.4, 0.5) is 0 Å². The number of hydrogen-bond acceptors (Lipinski definition) is 7. The van der Waals surface area contributed by atoms with Crippen LogP contribution in [-0.2, 0) is 27.8 Å². The molecule has 0 aliphatic carbocycles. The molecule has 0 spiro atoms. The average Bonchev–Trinajstić information content (AvgIpc) is 2.98. The molecule has 0 amide bonds. The molecule has 2 aliphatic heterocycles. The van der Waals surface area contributed by atoms with Gasteiger partial charge in [-0.05, 0) is 12.8 Å². The largest absolute Gasteiger partial charge is 0.697 e. The van der Waals surface area contributed by atoms with E-state index >= 15 is 0 Å². The van der Waals surface area contributed by atoms with Gasteiger partial charge in [0.1, 0.15) is 40.6 Å². The van der Waals surface area contributed by atoms with Crippen LogP contribution in [0.1, 0.15) is 12.8 Å². The maximum Gasteiger partial charge on any atom is 0.697 e. The molecule has 2 fully saturated rings. The van der Waals surface area contributed by atoms with Gasteiger partial charge >= 0.3 is 8.25 Å². The molecule has 7 atom stereocenters. The Morgan fingerprint density at radius 1 is 1.19 bits per heavy atom. The molecule has 10 heteroatoms. The van der Waals surface area contributed by atoms with Gasteiger partial charge in [-0.3, -0.25) is 0 Å². The molecule has 114 valence electrons. The SMILES string of the molecule is [B][C@H]1CC(OC)[C@@H](CO[P+](=O)OC2C[C@H]([B])O[C@@H]2CO)O1. The fraction of sp³-hybridized carbons (Fsp3) is 1.00. The quantitative estimate of drug-likeness (QED) is 0.506. The molecule has 1 N–H and O–H groups in total. The van der Waals surface area contributed by atoms with E-state index in [2.05, 4.69) is 0 Å². The zero-order chi connectivity index (χ0) is 15.4. The molecule has 0 aromatic rings. The van der Waals surface area contributed by atoms with Crippen molar-refractivity contribution >= 4 is 23.9 Å². The molecule has 2 rings (SSSR count). The van der Waals surface area contributed by atoms with Gasteiger partial charge in [0.2, 0.25) is 0 Å². The van der Waals surface area contributed by atoms with Crippen molar-refractivity contribution < 1.29 is 32.9 Å². The molecular weight excluding hydrogens is 297 g/mol. The van der Waals surface area contributed by atoms with Crippen molar-refractivity contribution in [2.24, 2.45) is 0 Å². The number of methoxy groups -OCH3 is 1. The molecule has 0 saturated carbocycles. The summed E-state index contributed by atoms with van der Waals surface area (Å²) in [6.45, 7) is -0.210. The van der Waals surface area contributed by atoms with Crippen LogP contribution in [0.15, 0.2) is 0 Å². The Balaban J connectivity index is 1.75. The van der Waals surface area contributed by atoms with Gasteiger partial charge in [-0.1, -0.05) is 0 Å². The second kappa shape index (κ2) is 8.02. The minimum atomic E-state index is -2.37. The van der Waals surface area contributed by atoms with Crippen LogP contribution in [0.2, 0.25) is 0 Å². The van der Waals surface area contributed by atoms with Crippen molar-refractivity contribution in [3.05, 3.63) is 0 Å². The van der Waals surface area contributed by atoms with Crippen LogP contribution < -0.4 is 0 Å². The zero-order valence-corrected chi connectivity index (χ0v) is 12.7. The van der Waals surface area contributed by atoms with E-state index in [0.29, 0.717) is 12.8 Å². The van der Waals surface area contributed by atoms with Gasteiger partial charge in [-0.15, -0.1) is 9.05 Å². The van der Waals surface area contributed by atoms with Gasteiger partial charge in [-0.25, -0.2) is 0 Å². The number of hydrogen-bond donors (Lipinski definition) is 1. The first-order chi connectivity index (χ1) is 10.0. The summed E-state index contributed by atoms with van der Waals surface area (Å²) in [5.74, 6) is 0. The number of rotatable bonds is 7. The molecule has 4 radical (unpaired) electrons. The van der Waals surface area contributed by atoms with Gasteiger partial charge in [0.15, 0.2) is 0 Å². The molecule has 21 heavy (non-hydrogen) atoms. The lowest BCUT2D eigenvalue weighted by molar-refractivity contribution is -0.0225. The van der Waals surface area contributed by atoms with Crippen molar-refractivity contribution in [1.29, 1.82) is 0 Å². The summed E-state index contributed by atoms with van der Waals surface area (Å²) in [6, 6.07) is -0.952. The normalized spacial score (nSPS) is 40.6. The van der Waals surface area contributed by atoms with Crippen molar-refractivity contribution in [3.63, 3.8) is 0 Å². The topological polar surface area (TPSA) is 83.5 Å². The van der Waals surface area contributed by atoms with Gasteiger partial charge in [0.25, 0.3) is 0 Å². The van der Waals surface area contributed by atoms with E-state index in [9.17, 15) is 4.57 Å². The highest BCUT2D eigenvalue weighted by Crippen LogP contribution is 2.34. The van der Waals surface area contributed by atoms with Crippen molar-refractivity contribution in [2.45, 2.75) is 49.3 Å². The summed E-state index contributed by atoms with van der Waals surface area (Å²) in [5, 5.41) is 9.12. The van der Waals surface area contributed by atoms with Gasteiger partial charge in [0.05, 0.1) is 12.7 Å². The van der Waals surface area contributed by atoms with Crippen LogP contribution in [-0.4, -0.2) is 77.5 Å². The molecule has 7 nitrogen and oxygen atoms in total. The number of aliphatic hydroxyl groups is 1. The first kappa shape index (κ1) is 17.3. The van der Waals surface area contributed by atoms with Gasteiger partial charge in [-0.2, -0.15) is 0 Å². The van der Waals surface area contributed by atoms with Crippen LogP contribution >= 0.6 is 8.25 Å². The molecule has 2 saturated heterocycles. The van der Waals surface area contributed by atoms with E-state index in [1.165, 1.54) is 0 Å². The Kier molecular flexibility index (Phi) is 6.62. The van der Waals surface area contributed by atoms with Crippen molar-refractivity contribution in [2.75, 3.05) is 20.3 Å². The molecule has 0 aromatic heterocycles. The predicted octanol–water partition coefficient (Wildman–Crippen LogP) is -0.380. The first-order valence-electron chi connectivity index (χ1n) is 6.76. The van der Waals surface area contributed by atoms with E-state index < -0.39 is 32.5 Å². The summed E-state index contributed by atoms with van der Waals surface area (Å²) in [4.78, 5) is 0. The molecule has 0 bridgehead atoms. The average molecular weight is 315 g/mol. The van der Waals surface area contributed by atoms with Crippen molar-refractivity contribution in [3.8, 4) is 0 Å². The summed E-state index contributed by atoms with van der Waals surface area (Å²) < 4.78 is 38.0.